The van der Waals surface area contributed by atoms with E-state index in [9.17, 15) is 9.59 Å². The van der Waals surface area contributed by atoms with Gasteiger partial charge < -0.3 is 4.84 Å². The summed E-state index contributed by atoms with van der Waals surface area (Å²) in [5.41, 5.74) is 5.62. The molecule has 0 aromatic heterocycles. The third kappa shape index (κ3) is 3.64. The van der Waals surface area contributed by atoms with E-state index in [-0.39, 0.29) is 11.2 Å². The Balaban J connectivity index is 1.68. The molecule has 0 amide bonds. The Hall–Kier alpha value is -2.75. The summed E-state index contributed by atoms with van der Waals surface area (Å²) < 4.78 is 0. The van der Waals surface area contributed by atoms with E-state index in [1.54, 1.807) is 0 Å². The minimum atomic E-state index is -0.507. The van der Waals surface area contributed by atoms with Crippen molar-refractivity contribution < 1.29 is 14.4 Å². The molecular weight excluding hydrogens is 362 g/mol. The van der Waals surface area contributed by atoms with Crippen LogP contribution in [0.2, 0.25) is 0 Å². The molecule has 0 saturated heterocycles. The van der Waals surface area contributed by atoms with Crippen molar-refractivity contribution in [3.63, 3.8) is 0 Å². The number of Topliss-reactive ketones (excluding diaryl/α,β-unsaturated/α-hetero) is 1. The number of hydrogen-bond acceptors (Lipinski definition) is 4. The summed E-state index contributed by atoms with van der Waals surface area (Å²) in [5, 5.41) is 3.95. The average molecular weight is 389 g/mol. The van der Waals surface area contributed by atoms with E-state index in [0.29, 0.717) is 23.6 Å². The van der Waals surface area contributed by atoms with Gasteiger partial charge in [0.1, 0.15) is 5.71 Å². The van der Waals surface area contributed by atoms with Gasteiger partial charge in [-0.05, 0) is 40.7 Å². The van der Waals surface area contributed by atoms with Crippen LogP contribution in [0.15, 0.2) is 47.6 Å². The predicted octanol–water partition coefficient (Wildman–Crippen LogP) is 5.68. The highest BCUT2D eigenvalue weighted by Crippen LogP contribution is 2.48. The smallest absolute Gasteiger partial charge is 0.318 e. The molecule has 4 nitrogen and oxygen atoms in total. The van der Waals surface area contributed by atoms with E-state index in [2.05, 4.69) is 43.3 Å². The van der Waals surface area contributed by atoms with Crippen molar-refractivity contribution >= 4 is 17.5 Å². The maximum absolute atomic E-state index is 13.3. The maximum atomic E-state index is 13.3. The first-order chi connectivity index (χ1) is 13.9. The van der Waals surface area contributed by atoms with Gasteiger partial charge in [0.15, 0.2) is 0 Å². The molecule has 0 aliphatic heterocycles. The van der Waals surface area contributed by atoms with E-state index < -0.39 is 5.97 Å². The SMILES string of the molecule is CC(=O)O/N=C(\CC1CCCC1)C(=O)c1ccc2c(c1)C(C)(C)c1ccccc1-2. The summed E-state index contributed by atoms with van der Waals surface area (Å²) in [5.74, 6) is -0.219. The first-order valence-corrected chi connectivity index (χ1v) is 10.4. The Morgan fingerprint density at radius 3 is 2.45 bits per heavy atom. The van der Waals surface area contributed by atoms with Crippen LogP contribution in [0.5, 0.6) is 0 Å². The largest absolute Gasteiger partial charge is 0.331 e. The lowest BCUT2D eigenvalue weighted by Crippen LogP contribution is -2.20. The van der Waals surface area contributed by atoms with E-state index in [4.69, 9.17) is 4.84 Å². The van der Waals surface area contributed by atoms with Crippen molar-refractivity contribution in [3.05, 3.63) is 59.2 Å². The lowest BCUT2D eigenvalue weighted by Gasteiger charge is -2.21. The van der Waals surface area contributed by atoms with Crippen molar-refractivity contribution in [3.8, 4) is 11.1 Å². The Bertz CT molecular complexity index is 997. The molecule has 2 aliphatic carbocycles. The first kappa shape index (κ1) is 19.6. The zero-order valence-corrected chi connectivity index (χ0v) is 17.3. The van der Waals surface area contributed by atoms with Gasteiger partial charge in [0.2, 0.25) is 5.78 Å². The number of carbonyl (C=O) groups is 2. The van der Waals surface area contributed by atoms with Crippen LogP contribution in [0.4, 0.5) is 0 Å². The number of carbonyl (C=O) groups excluding carboxylic acids is 2. The first-order valence-electron chi connectivity index (χ1n) is 10.4. The van der Waals surface area contributed by atoms with E-state index in [1.807, 2.05) is 18.2 Å². The molecule has 0 heterocycles. The molecule has 4 rings (SSSR count). The summed E-state index contributed by atoms with van der Waals surface area (Å²) in [6.07, 6.45) is 5.13. The van der Waals surface area contributed by atoms with Crippen molar-refractivity contribution in [2.75, 3.05) is 0 Å². The van der Waals surface area contributed by atoms with Crippen LogP contribution in [-0.4, -0.2) is 17.5 Å². The van der Waals surface area contributed by atoms with Crippen LogP contribution in [0.3, 0.4) is 0 Å². The minimum absolute atomic E-state index is 0.146. The predicted molar refractivity (Wildman–Crippen MR) is 114 cm³/mol. The number of ketones is 1. The molecule has 4 heteroatoms. The highest BCUT2D eigenvalue weighted by molar-refractivity contribution is 6.46. The van der Waals surface area contributed by atoms with Gasteiger partial charge in [-0.2, -0.15) is 0 Å². The second-order valence-electron chi connectivity index (χ2n) is 8.74. The van der Waals surface area contributed by atoms with Crippen molar-refractivity contribution in [2.45, 2.75) is 58.3 Å². The molecule has 29 heavy (non-hydrogen) atoms. The maximum Gasteiger partial charge on any atom is 0.331 e. The van der Waals surface area contributed by atoms with Crippen molar-refractivity contribution in [1.82, 2.24) is 0 Å². The molecule has 2 aliphatic rings. The van der Waals surface area contributed by atoms with Crippen LogP contribution < -0.4 is 0 Å². The highest BCUT2D eigenvalue weighted by atomic mass is 16.7. The van der Waals surface area contributed by atoms with Crippen LogP contribution in [-0.2, 0) is 15.0 Å². The lowest BCUT2D eigenvalue weighted by molar-refractivity contribution is -0.140. The van der Waals surface area contributed by atoms with Gasteiger partial charge in [0.05, 0.1) is 0 Å². The number of oxime groups is 1. The second kappa shape index (κ2) is 7.58. The molecule has 150 valence electrons. The number of hydrogen-bond donors (Lipinski definition) is 0. The number of fused-ring (bicyclic) bond motifs is 3. The summed E-state index contributed by atoms with van der Waals surface area (Å²) in [6, 6.07) is 14.3. The third-order valence-corrected chi connectivity index (χ3v) is 6.35. The van der Waals surface area contributed by atoms with Crippen LogP contribution in [0.25, 0.3) is 11.1 Å². The quantitative estimate of drug-likeness (QED) is 0.286. The molecule has 0 atom stereocenters. The van der Waals surface area contributed by atoms with Gasteiger partial charge in [0.25, 0.3) is 0 Å². The fraction of sp³-hybridized carbons (Fsp3) is 0.400. The fourth-order valence-electron chi connectivity index (χ4n) is 4.79. The lowest BCUT2D eigenvalue weighted by atomic mass is 9.81. The van der Waals surface area contributed by atoms with Gasteiger partial charge in [0, 0.05) is 17.9 Å². The fourth-order valence-corrected chi connectivity index (χ4v) is 4.79. The summed E-state index contributed by atoms with van der Waals surface area (Å²) in [6.45, 7) is 5.69. The van der Waals surface area contributed by atoms with Crippen molar-refractivity contribution in [1.29, 1.82) is 0 Å². The number of nitrogens with zero attached hydrogens (tertiary/aromatic N) is 1. The molecule has 0 bridgehead atoms. The zero-order valence-electron chi connectivity index (χ0n) is 17.3. The van der Waals surface area contributed by atoms with Gasteiger partial charge in [-0.15, -0.1) is 0 Å². The summed E-state index contributed by atoms with van der Waals surface area (Å²) in [4.78, 5) is 29.4. The van der Waals surface area contributed by atoms with Crippen LogP contribution in [0.1, 0.15) is 74.4 Å². The number of rotatable bonds is 5. The normalized spacial score (nSPS) is 17.7. The second-order valence-corrected chi connectivity index (χ2v) is 8.74. The number of benzene rings is 2. The van der Waals surface area contributed by atoms with Gasteiger partial charge >= 0.3 is 5.97 Å². The Kier molecular flexibility index (Phi) is 5.12. The average Bonchev–Trinajstić information content (AvgIpc) is 3.30. The molecule has 0 unspecified atom stereocenters. The molecule has 0 spiro atoms. The highest BCUT2D eigenvalue weighted by Gasteiger charge is 2.36. The van der Waals surface area contributed by atoms with Gasteiger partial charge in [-0.3, -0.25) is 4.79 Å². The van der Waals surface area contributed by atoms with Gasteiger partial charge in [-0.1, -0.05) is 81.1 Å². The molecule has 2 aromatic carbocycles. The molecule has 0 radical (unpaired) electrons. The monoisotopic (exact) mass is 389 g/mol. The van der Waals surface area contributed by atoms with E-state index >= 15 is 0 Å². The van der Waals surface area contributed by atoms with E-state index in [0.717, 1.165) is 18.4 Å². The van der Waals surface area contributed by atoms with Crippen molar-refractivity contribution in [2.24, 2.45) is 11.1 Å². The molecule has 0 N–H and O–H groups in total. The Morgan fingerprint density at radius 2 is 1.72 bits per heavy atom. The molecule has 2 aromatic rings. The van der Waals surface area contributed by atoms with Gasteiger partial charge in [-0.25, -0.2) is 4.79 Å². The molecule has 1 fully saturated rings. The summed E-state index contributed by atoms with van der Waals surface area (Å²) >= 11 is 0. The standard InChI is InChI=1S/C25H27NO3/c1-16(27)29-26-23(14-17-8-4-5-9-17)24(28)18-12-13-20-19-10-6-7-11-21(19)25(2,3)22(20)15-18/h6-7,10-13,15,17H,4-5,8-9,14H2,1-3H3/b26-23+. The third-order valence-electron chi connectivity index (χ3n) is 6.35. The minimum Gasteiger partial charge on any atom is -0.318 e. The van der Waals surface area contributed by atoms with Crippen LogP contribution >= 0.6 is 0 Å². The van der Waals surface area contributed by atoms with E-state index in [1.165, 1.54) is 36.5 Å². The summed E-state index contributed by atoms with van der Waals surface area (Å²) in [7, 11) is 0. The Morgan fingerprint density at radius 1 is 1.03 bits per heavy atom. The zero-order chi connectivity index (χ0) is 20.6. The molecular formula is C25H27NO3. The molecule has 1 saturated carbocycles. The topological polar surface area (TPSA) is 55.7 Å². The van der Waals surface area contributed by atoms with Crippen LogP contribution in [0, 0.1) is 5.92 Å². The Labute approximate surface area is 172 Å².